The number of amides is 1. The molecule has 3 aromatic rings. The van der Waals surface area contributed by atoms with Gasteiger partial charge in [0.1, 0.15) is 18.1 Å². The first-order valence-electron chi connectivity index (χ1n) is 12.7. The topological polar surface area (TPSA) is 54.9 Å². The molecule has 0 radical (unpaired) electrons. The Kier molecular flexibility index (Phi) is 8.60. The van der Waals surface area contributed by atoms with Crippen LogP contribution in [0.2, 0.25) is 0 Å². The number of nitrogens with zero attached hydrogens (tertiary/aromatic N) is 3. The maximum absolute atomic E-state index is 13.7. The van der Waals surface area contributed by atoms with Gasteiger partial charge in [0.25, 0.3) is 0 Å². The fourth-order valence-corrected chi connectivity index (χ4v) is 5.00. The lowest BCUT2D eigenvalue weighted by Gasteiger charge is -2.36. The average Bonchev–Trinajstić information content (AvgIpc) is 2.91. The second-order valence-electron chi connectivity index (χ2n) is 9.55. The van der Waals surface area contributed by atoms with Crippen molar-refractivity contribution < 1.29 is 14.3 Å². The zero-order chi connectivity index (χ0) is 25.5. The van der Waals surface area contributed by atoms with Crippen LogP contribution in [0.15, 0.2) is 66.9 Å². The Morgan fingerprint density at radius 3 is 2.33 bits per heavy atom. The van der Waals surface area contributed by atoms with Gasteiger partial charge in [0.05, 0.1) is 18.8 Å². The minimum absolute atomic E-state index is 0.0179. The molecule has 0 spiro atoms. The molecule has 1 saturated heterocycles. The number of likely N-dealkylation sites (tertiary alicyclic amines) is 1. The van der Waals surface area contributed by atoms with Crippen LogP contribution in [0.4, 0.5) is 0 Å². The molecule has 36 heavy (non-hydrogen) atoms. The lowest BCUT2D eigenvalue weighted by molar-refractivity contribution is -0.137. The van der Waals surface area contributed by atoms with Crippen molar-refractivity contribution >= 4 is 5.91 Å². The first kappa shape index (κ1) is 25.7. The molecule has 1 aliphatic rings. The van der Waals surface area contributed by atoms with E-state index in [2.05, 4.69) is 36.9 Å². The van der Waals surface area contributed by atoms with Crippen LogP contribution in [0.1, 0.15) is 41.3 Å². The van der Waals surface area contributed by atoms with Gasteiger partial charge in [0.15, 0.2) is 0 Å². The molecule has 1 unspecified atom stereocenters. The van der Waals surface area contributed by atoms with E-state index in [1.807, 2.05) is 60.6 Å². The number of carbonyl (C=O) groups excluding carboxylic acids is 1. The summed E-state index contributed by atoms with van der Waals surface area (Å²) in [4.78, 5) is 22.7. The molecule has 4 rings (SSSR count). The maximum Gasteiger partial charge on any atom is 0.226 e. The number of hydrogen-bond acceptors (Lipinski definition) is 5. The highest BCUT2D eigenvalue weighted by Gasteiger charge is 2.33. The summed E-state index contributed by atoms with van der Waals surface area (Å²) < 4.78 is 11.1. The molecule has 1 aromatic heterocycles. The van der Waals surface area contributed by atoms with Gasteiger partial charge in [-0.25, -0.2) is 0 Å². The van der Waals surface area contributed by atoms with Gasteiger partial charge in [0, 0.05) is 25.7 Å². The highest BCUT2D eigenvalue weighted by atomic mass is 16.5. The summed E-state index contributed by atoms with van der Waals surface area (Å²) in [5.74, 6) is 1.88. The molecule has 6 nitrogen and oxygen atoms in total. The number of aromatic nitrogens is 1. The molecule has 0 saturated carbocycles. The van der Waals surface area contributed by atoms with Crippen LogP contribution in [-0.4, -0.2) is 61.1 Å². The van der Waals surface area contributed by atoms with E-state index in [0.717, 1.165) is 60.8 Å². The molecule has 1 fully saturated rings. The predicted molar refractivity (Wildman–Crippen MR) is 142 cm³/mol. The second kappa shape index (κ2) is 12.0. The molecule has 0 N–H and O–H groups in total. The summed E-state index contributed by atoms with van der Waals surface area (Å²) in [6.45, 7) is 7.44. The third-order valence-electron chi connectivity index (χ3n) is 7.20. The SMILES string of the molecule is COc1ccc(OCCN2CCC(C(=O)N(C)C(c3ccccc3C)c3ncccc3C)CC2)cc1. The van der Waals surface area contributed by atoms with Crippen molar-refractivity contribution in [2.45, 2.75) is 32.7 Å². The smallest absolute Gasteiger partial charge is 0.226 e. The number of carbonyl (C=O) groups is 1. The van der Waals surface area contributed by atoms with E-state index in [-0.39, 0.29) is 17.9 Å². The van der Waals surface area contributed by atoms with Gasteiger partial charge in [-0.05, 0) is 86.8 Å². The van der Waals surface area contributed by atoms with Crippen LogP contribution >= 0.6 is 0 Å². The molecule has 1 amide bonds. The summed E-state index contributed by atoms with van der Waals surface area (Å²) in [6, 6.07) is 19.8. The summed E-state index contributed by atoms with van der Waals surface area (Å²) in [5.41, 5.74) is 4.33. The fourth-order valence-electron chi connectivity index (χ4n) is 5.00. The van der Waals surface area contributed by atoms with Gasteiger partial charge in [-0.15, -0.1) is 0 Å². The van der Waals surface area contributed by atoms with Crippen LogP contribution < -0.4 is 9.47 Å². The molecule has 0 aliphatic carbocycles. The van der Waals surface area contributed by atoms with Crippen molar-refractivity contribution in [2.75, 3.05) is 40.4 Å². The zero-order valence-electron chi connectivity index (χ0n) is 21.8. The zero-order valence-corrected chi connectivity index (χ0v) is 21.8. The van der Waals surface area contributed by atoms with Crippen LogP contribution in [-0.2, 0) is 4.79 Å². The molecule has 2 aromatic carbocycles. The van der Waals surface area contributed by atoms with Gasteiger partial charge in [-0.3, -0.25) is 14.7 Å². The monoisotopic (exact) mass is 487 g/mol. The first-order chi connectivity index (χ1) is 17.5. The van der Waals surface area contributed by atoms with Crippen molar-refractivity contribution in [1.29, 1.82) is 0 Å². The Labute approximate surface area is 214 Å². The standard InChI is InChI=1S/C30H37N3O3/c1-22-8-5-6-10-27(22)29(28-23(2)9-7-17-31-28)32(3)30(34)24-15-18-33(19-16-24)20-21-36-26-13-11-25(35-4)12-14-26/h5-14,17,24,29H,15-16,18-21H2,1-4H3. The Morgan fingerprint density at radius 2 is 1.67 bits per heavy atom. The van der Waals surface area contributed by atoms with E-state index < -0.39 is 0 Å². The Balaban J connectivity index is 1.36. The van der Waals surface area contributed by atoms with Gasteiger partial charge in [-0.1, -0.05) is 30.3 Å². The number of rotatable bonds is 9. The van der Waals surface area contributed by atoms with E-state index in [1.165, 1.54) is 5.56 Å². The Morgan fingerprint density at radius 1 is 1.00 bits per heavy atom. The summed E-state index contributed by atoms with van der Waals surface area (Å²) in [7, 11) is 3.59. The van der Waals surface area contributed by atoms with Gasteiger partial charge < -0.3 is 14.4 Å². The van der Waals surface area contributed by atoms with Gasteiger partial charge >= 0.3 is 0 Å². The van der Waals surface area contributed by atoms with E-state index in [4.69, 9.17) is 14.5 Å². The molecule has 6 heteroatoms. The van der Waals surface area contributed by atoms with Gasteiger partial charge in [0.2, 0.25) is 5.91 Å². The number of benzene rings is 2. The Bertz CT molecular complexity index is 1090. The summed E-state index contributed by atoms with van der Waals surface area (Å²) in [5, 5.41) is 0. The normalized spacial score (nSPS) is 15.3. The predicted octanol–water partition coefficient (Wildman–Crippen LogP) is 5.05. The molecule has 1 aliphatic heterocycles. The number of aryl methyl sites for hydroxylation is 2. The van der Waals surface area contributed by atoms with Crippen LogP contribution in [0.3, 0.4) is 0 Å². The van der Waals surface area contributed by atoms with Crippen LogP contribution in [0.5, 0.6) is 11.5 Å². The number of piperidine rings is 1. The number of methoxy groups -OCH3 is 1. The highest BCUT2D eigenvalue weighted by Crippen LogP contribution is 2.33. The van der Waals surface area contributed by atoms with E-state index in [1.54, 1.807) is 7.11 Å². The van der Waals surface area contributed by atoms with Crippen LogP contribution in [0, 0.1) is 19.8 Å². The summed E-state index contributed by atoms with van der Waals surface area (Å²) in [6.07, 6.45) is 3.53. The number of ether oxygens (including phenoxy) is 2. The lowest BCUT2D eigenvalue weighted by atomic mass is 9.91. The van der Waals surface area contributed by atoms with Crippen molar-refractivity contribution in [3.05, 3.63) is 89.2 Å². The molecule has 190 valence electrons. The fraction of sp³-hybridized carbons (Fsp3) is 0.400. The van der Waals surface area contributed by atoms with Gasteiger partial charge in [-0.2, -0.15) is 0 Å². The number of hydrogen-bond donors (Lipinski definition) is 0. The van der Waals surface area contributed by atoms with Crippen molar-refractivity contribution in [2.24, 2.45) is 5.92 Å². The molecule has 2 heterocycles. The maximum atomic E-state index is 13.7. The quantitative estimate of drug-likeness (QED) is 0.423. The van der Waals surface area contributed by atoms with Crippen LogP contribution in [0.25, 0.3) is 0 Å². The Hall–Kier alpha value is -3.38. The second-order valence-corrected chi connectivity index (χ2v) is 9.55. The highest BCUT2D eigenvalue weighted by molar-refractivity contribution is 5.79. The first-order valence-corrected chi connectivity index (χ1v) is 12.7. The average molecular weight is 488 g/mol. The molecular formula is C30H37N3O3. The molecule has 0 bridgehead atoms. The minimum atomic E-state index is -0.198. The largest absolute Gasteiger partial charge is 0.497 e. The van der Waals surface area contributed by atoms with E-state index in [0.29, 0.717) is 6.61 Å². The van der Waals surface area contributed by atoms with Crippen molar-refractivity contribution in [3.63, 3.8) is 0 Å². The third-order valence-corrected chi connectivity index (χ3v) is 7.20. The van der Waals surface area contributed by atoms with Crippen molar-refractivity contribution in [1.82, 2.24) is 14.8 Å². The lowest BCUT2D eigenvalue weighted by Crippen LogP contribution is -2.43. The minimum Gasteiger partial charge on any atom is -0.497 e. The van der Waals surface area contributed by atoms with E-state index >= 15 is 0 Å². The number of pyridine rings is 1. The molecular weight excluding hydrogens is 450 g/mol. The third kappa shape index (κ3) is 6.05. The van der Waals surface area contributed by atoms with E-state index in [9.17, 15) is 4.79 Å². The summed E-state index contributed by atoms with van der Waals surface area (Å²) >= 11 is 0. The molecule has 1 atom stereocenters. The van der Waals surface area contributed by atoms with Crippen molar-refractivity contribution in [3.8, 4) is 11.5 Å².